The Balaban J connectivity index is 2.50. The quantitative estimate of drug-likeness (QED) is 0.275. The highest BCUT2D eigenvalue weighted by Crippen LogP contribution is 2.12. The fraction of sp³-hybridized carbons (Fsp3) is 0.500. The number of oxime groups is 1. The first-order chi connectivity index (χ1) is 7.94. The van der Waals surface area contributed by atoms with Crippen LogP contribution < -0.4 is 10.0 Å². The molecule has 1 aromatic heterocycles. The molecule has 96 valence electrons. The molecule has 11 heteroatoms. The summed E-state index contributed by atoms with van der Waals surface area (Å²) in [5.41, 5.74) is 0.0357. The molecule has 0 saturated heterocycles. The highest BCUT2D eigenvalue weighted by atomic mass is 35.5. The Morgan fingerprint density at radius 1 is 1.53 bits per heavy atom. The largest absolute Gasteiger partial charge is 0.410 e. The highest BCUT2D eigenvalue weighted by molar-refractivity contribution is 7.88. The molecule has 1 rings (SSSR count). The van der Waals surface area contributed by atoms with Crippen molar-refractivity contribution >= 4 is 32.6 Å². The van der Waals surface area contributed by atoms with E-state index < -0.39 is 10.0 Å². The summed E-state index contributed by atoms with van der Waals surface area (Å²) < 4.78 is 28.2. The number of nitrogens with one attached hydrogen (secondary N) is 2. The Kier molecular flexibility index (Phi) is 4.66. The number of rotatable bonds is 6. The smallest absolute Gasteiger partial charge is 0.208 e. The fourth-order valence-electron chi connectivity index (χ4n) is 0.905. The van der Waals surface area contributed by atoms with E-state index in [9.17, 15) is 8.42 Å². The van der Waals surface area contributed by atoms with E-state index in [4.69, 9.17) is 16.8 Å². The van der Waals surface area contributed by atoms with Gasteiger partial charge in [-0.25, -0.2) is 17.8 Å². The van der Waals surface area contributed by atoms with Crippen LogP contribution in [0.1, 0.15) is 5.69 Å². The van der Waals surface area contributed by atoms with Gasteiger partial charge in [0.1, 0.15) is 0 Å². The molecule has 1 aromatic rings. The molecule has 0 aliphatic heterocycles. The number of anilines is 1. The lowest BCUT2D eigenvalue weighted by atomic mass is 10.4. The van der Waals surface area contributed by atoms with E-state index in [0.29, 0.717) is 0 Å². The summed E-state index contributed by atoms with van der Waals surface area (Å²) in [6.07, 6.45) is 1.05. The Hall–Kier alpha value is -1.39. The van der Waals surface area contributed by atoms with Crippen molar-refractivity contribution in [3.05, 3.63) is 5.69 Å². The summed E-state index contributed by atoms with van der Waals surface area (Å²) in [6, 6.07) is 0. The summed E-state index contributed by atoms with van der Waals surface area (Å²) in [4.78, 5) is 0. The molecule has 0 atom stereocenters. The van der Waals surface area contributed by atoms with Gasteiger partial charge in [0, 0.05) is 13.1 Å². The van der Waals surface area contributed by atoms with E-state index in [0.717, 1.165) is 6.26 Å². The van der Waals surface area contributed by atoms with Gasteiger partial charge in [0.15, 0.2) is 5.69 Å². The first-order valence-corrected chi connectivity index (χ1v) is 6.60. The van der Waals surface area contributed by atoms with E-state index in [2.05, 4.69) is 30.1 Å². The van der Waals surface area contributed by atoms with Gasteiger partial charge in [-0.3, -0.25) is 0 Å². The second-order valence-electron chi connectivity index (χ2n) is 2.95. The van der Waals surface area contributed by atoms with E-state index in [-0.39, 0.29) is 29.8 Å². The Morgan fingerprint density at radius 3 is 2.82 bits per heavy atom. The summed E-state index contributed by atoms with van der Waals surface area (Å²) in [5.74, 6) is 0.156. The zero-order chi connectivity index (χ0) is 12.9. The van der Waals surface area contributed by atoms with Crippen molar-refractivity contribution in [1.82, 2.24) is 15.0 Å². The van der Waals surface area contributed by atoms with Gasteiger partial charge in [-0.2, -0.15) is 0 Å². The van der Waals surface area contributed by atoms with Crippen LogP contribution in [0.5, 0.6) is 0 Å². The van der Waals surface area contributed by atoms with Gasteiger partial charge in [0.25, 0.3) is 0 Å². The van der Waals surface area contributed by atoms with Crippen molar-refractivity contribution in [3.8, 4) is 0 Å². The second kappa shape index (κ2) is 5.80. The molecule has 9 nitrogen and oxygen atoms in total. The van der Waals surface area contributed by atoms with E-state index in [1.165, 1.54) is 0 Å². The number of sulfonamides is 1. The van der Waals surface area contributed by atoms with Crippen molar-refractivity contribution in [2.45, 2.75) is 0 Å². The zero-order valence-corrected chi connectivity index (χ0v) is 10.3. The van der Waals surface area contributed by atoms with Crippen LogP contribution >= 0.6 is 11.6 Å². The van der Waals surface area contributed by atoms with E-state index in [1.807, 2.05) is 0 Å². The van der Waals surface area contributed by atoms with Crippen molar-refractivity contribution in [1.29, 1.82) is 0 Å². The predicted octanol–water partition coefficient (Wildman–Crippen LogP) is -0.595. The minimum absolute atomic E-state index is 0.0357. The number of aromatic nitrogens is 2. The van der Waals surface area contributed by atoms with Crippen LogP contribution in [0.4, 0.5) is 5.82 Å². The number of halogens is 1. The Morgan fingerprint density at radius 2 is 2.24 bits per heavy atom. The Labute approximate surface area is 102 Å². The highest BCUT2D eigenvalue weighted by Gasteiger charge is 2.14. The maximum Gasteiger partial charge on any atom is 0.208 e. The molecule has 0 aromatic carbocycles. The van der Waals surface area contributed by atoms with Crippen LogP contribution in [-0.2, 0) is 10.0 Å². The molecule has 0 saturated carbocycles. The van der Waals surface area contributed by atoms with Crippen molar-refractivity contribution in [2.24, 2.45) is 5.16 Å². The molecule has 1 heterocycles. The van der Waals surface area contributed by atoms with Crippen molar-refractivity contribution < 1.29 is 18.3 Å². The van der Waals surface area contributed by atoms with Crippen LogP contribution in [0.15, 0.2) is 9.78 Å². The number of nitrogens with zero attached hydrogens (tertiary/aromatic N) is 3. The molecular weight excluding hydrogens is 274 g/mol. The van der Waals surface area contributed by atoms with Crippen LogP contribution in [0.25, 0.3) is 0 Å². The normalized spacial score (nSPS) is 12.7. The molecule has 0 unspecified atom stereocenters. The van der Waals surface area contributed by atoms with Gasteiger partial charge in [0.05, 0.1) is 6.26 Å². The molecule has 3 N–H and O–H groups in total. The standard InChI is InChI=1S/C6H10ClN5O4S/c1-17(14,15)9-3-2-8-6-4(5(7)10-13)11-16-12-6/h9,13H,2-3H2,1H3,(H,8,12)/b10-5-. The minimum Gasteiger partial charge on any atom is -0.410 e. The SMILES string of the molecule is CS(=O)(=O)NCCNc1nonc1/C(Cl)=N/O. The average molecular weight is 284 g/mol. The number of hydrogen-bond acceptors (Lipinski definition) is 8. The van der Waals surface area contributed by atoms with Gasteiger partial charge in [0.2, 0.25) is 21.0 Å². The van der Waals surface area contributed by atoms with Crippen LogP contribution in [0.3, 0.4) is 0 Å². The average Bonchev–Trinajstić information content (AvgIpc) is 2.70. The molecule has 0 fully saturated rings. The molecule has 0 amide bonds. The van der Waals surface area contributed by atoms with Crippen molar-refractivity contribution in [2.75, 3.05) is 24.7 Å². The second-order valence-corrected chi connectivity index (χ2v) is 5.14. The molecule has 0 bridgehead atoms. The first-order valence-electron chi connectivity index (χ1n) is 4.33. The maximum absolute atomic E-state index is 10.8. The first kappa shape index (κ1) is 13.7. The Bertz CT molecular complexity index is 498. The third-order valence-corrected chi connectivity index (χ3v) is 2.54. The molecule has 17 heavy (non-hydrogen) atoms. The van der Waals surface area contributed by atoms with Gasteiger partial charge in [-0.15, -0.1) is 0 Å². The molecule has 0 radical (unpaired) electrons. The van der Waals surface area contributed by atoms with Gasteiger partial charge < -0.3 is 10.5 Å². The van der Waals surface area contributed by atoms with E-state index in [1.54, 1.807) is 0 Å². The molecular formula is C6H10ClN5O4S. The third-order valence-electron chi connectivity index (χ3n) is 1.55. The van der Waals surface area contributed by atoms with Crippen LogP contribution in [-0.4, -0.2) is 48.5 Å². The van der Waals surface area contributed by atoms with Crippen LogP contribution in [0, 0.1) is 0 Å². The summed E-state index contributed by atoms with van der Waals surface area (Å²) >= 11 is 5.51. The summed E-state index contributed by atoms with van der Waals surface area (Å²) in [5, 5.41) is 20.5. The predicted molar refractivity (Wildman–Crippen MR) is 59.8 cm³/mol. The topological polar surface area (TPSA) is 130 Å². The van der Waals surface area contributed by atoms with Gasteiger partial charge in [-0.05, 0) is 10.3 Å². The lowest BCUT2D eigenvalue weighted by molar-refractivity contribution is 0.305. The maximum atomic E-state index is 10.8. The lowest BCUT2D eigenvalue weighted by Gasteiger charge is -2.03. The van der Waals surface area contributed by atoms with E-state index >= 15 is 0 Å². The van der Waals surface area contributed by atoms with Crippen LogP contribution in [0.2, 0.25) is 0 Å². The molecule has 0 aliphatic carbocycles. The number of hydrogen-bond donors (Lipinski definition) is 3. The lowest BCUT2D eigenvalue weighted by Crippen LogP contribution is -2.27. The summed E-state index contributed by atoms with van der Waals surface area (Å²) in [7, 11) is -3.24. The molecule has 0 spiro atoms. The monoisotopic (exact) mass is 283 g/mol. The zero-order valence-electron chi connectivity index (χ0n) is 8.71. The summed E-state index contributed by atoms with van der Waals surface area (Å²) in [6.45, 7) is 0.392. The van der Waals surface area contributed by atoms with Crippen molar-refractivity contribution in [3.63, 3.8) is 0 Å². The van der Waals surface area contributed by atoms with Gasteiger partial charge in [-0.1, -0.05) is 16.8 Å². The van der Waals surface area contributed by atoms with Gasteiger partial charge >= 0.3 is 0 Å². The third kappa shape index (κ3) is 4.54. The minimum atomic E-state index is -3.24. The molecule has 0 aliphatic rings. The fourth-order valence-corrected chi connectivity index (χ4v) is 1.50.